The number of H-pyrrole nitrogens is 1. The zero-order valence-electron chi connectivity index (χ0n) is 19.2. The molecule has 10 heteroatoms. The van der Waals surface area contributed by atoms with Crippen LogP contribution in [0.15, 0.2) is 54.6 Å². The van der Waals surface area contributed by atoms with Gasteiger partial charge in [0.25, 0.3) is 11.9 Å². The molecule has 3 atom stereocenters. The number of fused-ring (bicyclic) bond motifs is 1. The van der Waals surface area contributed by atoms with Crippen LogP contribution in [0.25, 0.3) is 33.3 Å². The summed E-state index contributed by atoms with van der Waals surface area (Å²) in [5.41, 5.74) is 2.28. The Morgan fingerprint density at radius 2 is 1.78 bits per heavy atom. The van der Waals surface area contributed by atoms with Gasteiger partial charge in [0.1, 0.15) is 23.5 Å². The van der Waals surface area contributed by atoms with Gasteiger partial charge in [0.15, 0.2) is 11.9 Å². The first-order chi connectivity index (χ1) is 17.4. The van der Waals surface area contributed by atoms with E-state index in [4.69, 9.17) is 9.47 Å². The highest BCUT2D eigenvalue weighted by Gasteiger charge is 2.37. The lowest BCUT2D eigenvalue weighted by molar-refractivity contribution is -0.00390. The second kappa shape index (κ2) is 9.65. The number of aliphatic hydroxyl groups excluding tert-OH is 2. The average Bonchev–Trinajstić information content (AvgIpc) is 3.46. The van der Waals surface area contributed by atoms with E-state index in [-0.39, 0.29) is 41.7 Å². The SMILES string of the molecule is CNC(=O)c1ccc(-c2ccc(-c3c(F)cc4[nH]c(OC5CO[C@H](CO)[C@H]5O)nc4c3F)cc2)cc1. The molecular formula is C26H23F2N3O5. The Balaban J connectivity index is 1.41. The van der Waals surface area contributed by atoms with Crippen molar-refractivity contribution in [2.75, 3.05) is 20.3 Å². The molecule has 186 valence electrons. The Labute approximate surface area is 204 Å². The van der Waals surface area contributed by atoms with E-state index in [0.29, 0.717) is 11.1 Å². The normalized spacial score (nSPS) is 19.5. The summed E-state index contributed by atoms with van der Waals surface area (Å²) < 4.78 is 41.2. The molecule has 1 amide bonds. The van der Waals surface area contributed by atoms with Crippen LogP contribution in [-0.4, -0.2) is 64.7 Å². The third kappa shape index (κ3) is 4.30. The van der Waals surface area contributed by atoms with E-state index < -0.39 is 29.9 Å². The Kier molecular flexibility index (Phi) is 6.40. The van der Waals surface area contributed by atoms with Crippen LogP contribution in [0.2, 0.25) is 0 Å². The fraction of sp³-hybridized carbons (Fsp3) is 0.231. The molecule has 1 fully saturated rings. The minimum atomic E-state index is -1.08. The number of rotatable bonds is 6. The minimum absolute atomic E-state index is 0.0202. The van der Waals surface area contributed by atoms with Crippen LogP contribution in [0.5, 0.6) is 6.01 Å². The number of nitrogens with zero attached hydrogens (tertiary/aromatic N) is 1. The first-order valence-corrected chi connectivity index (χ1v) is 11.3. The van der Waals surface area contributed by atoms with Crippen LogP contribution in [0, 0.1) is 11.6 Å². The molecular weight excluding hydrogens is 472 g/mol. The number of aromatic amines is 1. The number of halogens is 2. The van der Waals surface area contributed by atoms with Crippen molar-refractivity contribution in [2.24, 2.45) is 0 Å². The maximum absolute atomic E-state index is 15.4. The molecule has 1 aromatic heterocycles. The first-order valence-electron chi connectivity index (χ1n) is 11.3. The van der Waals surface area contributed by atoms with Gasteiger partial charge in [-0.3, -0.25) is 4.79 Å². The highest BCUT2D eigenvalue weighted by Crippen LogP contribution is 2.34. The smallest absolute Gasteiger partial charge is 0.295 e. The summed E-state index contributed by atoms with van der Waals surface area (Å²) in [6, 6.07) is 14.7. The van der Waals surface area contributed by atoms with Crippen molar-refractivity contribution in [2.45, 2.75) is 18.3 Å². The highest BCUT2D eigenvalue weighted by atomic mass is 19.1. The number of carbonyl (C=O) groups excluding carboxylic acids is 1. The molecule has 8 nitrogen and oxygen atoms in total. The predicted octanol–water partition coefficient (Wildman–Crippen LogP) is 3.03. The van der Waals surface area contributed by atoms with Gasteiger partial charge in [0.2, 0.25) is 0 Å². The molecule has 0 saturated carbocycles. The van der Waals surface area contributed by atoms with Crippen LogP contribution >= 0.6 is 0 Å². The molecule has 1 unspecified atom stereocenters. The molecule has 0 aliphatic carbocycles. The van der Waals surface area contributed by atoms with Crippen LogP contribution in [0.4, 0.5) is 8.78 Å². The number of aliphatic hydroxyl groups is 2. The van der Waals surface area contributed by atoms with Gasteiger partial charge >= 0.3 is 0 Å². The van der Waals surface area contributed by atoms with E-state index >= 15 is 4.39 Å². The number of benzene rings is 3. The van der Waals surface area contributed by atoms with Gasteiger partial charge in [0.05, 0.1) is 24.3 Å². The van der Waals surface area contributed by atoms with Crippen molar-refractivity contribution in [1.29, 1.82) is 0 Å². The number of carbonyl (C=O) groups is 1. The summed E-state index contributed by atoms with van der Waals surface area (Å²) in [5, 5.41) is 21.9. The van der Waals surface area contributed by atoms with Crippen molar-refractivity contribution >= 4 is 16.9 Å². The van der Waals surface area contributed by atoms with Gasteiger partial charge in [-0.15, -0.1) is 0 Å². The molecule has 4 N–H and O–H groups in total. The number of nitrogens with one attached hydrogen (secondary N) is 2. The second-order valence-corrected chi connectivity index (χ2v) is 8.42. The lowest BCUT2D eigenvalue weighted by Gasteiger charge is -2.15. The van der Waals surface area contributed by atoms with Gasteiger partial charge < -0.3 is 30.0 Å². The minimum Gasteiger partial charge on any atom is -0.456 e. The monoisotopic (exact) mass is 495 g/mol. The molecule has 0 radical (unpaired) electrons. The number of hydrogen-bond donors (Lipinski definition) is 4. The summed E-state index contributed by atoms with van der Waals surface area (Å²) in [4.78, 5) is 18.5. The van der Waals surface area contributed by atoms with Crippen molar-refractivity contribution in [1.82, 2.24) is 15.3 Å². The Morgan fingerprint density at radius 1 is 1.14 bits per heavy atom. The maximum atomic E-state index is 15.4. The van der Waals surface area contributed by atoms with Gasteiger partial charge in [-0.25, -0.2) is 8.78 Å². The lowest BCUT2D eigenvalue weighted by Crippen LogP contribution is -2.36. The summed E-state index contributed by atoms with van der Waals surface area (Å²) in [5.74, 6) is -1.81. The van der Waals surface area contributed by atoms with Gasteiger partial charge in [-0.2, -0.15) is 4.98 Å². The summed E-state index contributed by atoms with van der Waals surface area (Å²) in [6.07, 6.45) is -2.68. The summed E-state index contributed by atoms with van der Waals surface area (Å²) in [7, 11) is 1.56. The molecule has 0 spiro atoms. The molecule has 1 aliphatic heterocycles. The number of hydrogen-bond acceptors (Lipinski definition) is 6. The van der Waals surface area contributed by atoms with E-state index in [1.54, 1.807) is 55.6 Å². The predicted molar refractivity (Wildman–Crippen MR) is 128 cm³/mol. The van der Waals surface area contributed by atoms with Crippen LogP contribution in [0.3, 0.4) is 0 Å². The second-order valence-electron chi connectivity index (χ2n) is 8.42. The van der Waals surface area contributed by atoms with Crippen molar-refractivity contribution < 1.29 is 33.3 Å². The van der Waals surface area contributed by atoms with Crippen LogP contribution in [-0.2, 0) is 4.74 Å². The van der Waals surface area contributed by atoms with Crippen LogP contribution < -0.4 is 10.1 Å². The molecule has 2 heterocycles. The molecule has 1 aliphatic rings. The standard InChI is InChI=1S/C26H23F2N3O5/c1-29-25(34)16-8-4-14(5-9-16)13-2-6-15(7-3-13)21-17(27)10-18-23(22(21)28)31-26(30-18)36-20-12-35-19(11-32)24(20)33/h2-10,19-20,24,32-33H,11-12H2,1H3,(H,29,34)(H,30,31)/t19-,20?,24-/m1/s1. The molecule has 0 bridgehead atoms. The quantitative estimate of drug-likeness (QED) is 0.327. The molecule has 1 saturated heterocycles. The molecule has 5 rings (SSSR count). The zero-order chi connectivity index (χ0) is 25.4. The third-order valence-electron chi connectivity index (χ3n) is 6.21. The van der Waals surface area contributed by atoms with E-state index in [2.05, 4.69) is 15.3 Å². The van der Waals surface area contributed by atoms with Crippen LogP contribution in [0.1, 0.15) is 10.4 Å². The molecule has 4 aromatic rings. The topological polar surface area (TPSA) is 117 Å². The van der Waals surface area contributed by atoms with E-state index in [1.165, 1.54) is 0 Å². The summed E-state index contributed by atoms with van der Waals surface area (Å²) in [6.45, 7) is -0.350. The fourth-order valence-electron chi connectivity index (χ4n) is 4.23. The van der Waals surface area contributed by atoms with Crippen molar-refractivity contribution in [3.05, 3.63) is 71.8 Å². The fourth-order valence-corrected chi connectivity index (χ4v) is 4.23. The van der Waals surface area contributed by atoms with Gasteiger partial charge in [-0.1, -0.05) is 36.4 Å². The number of imidazole rings is 1. The number of ether oxygens (including phenoxy) is 2. The Hall–Kier alpha value is -3.86. The largest absolute Gasteiger partial charge is 0.456 e. The lowest BCUT2D eigenvalue weighted by atomic mass is 9.98. The maximum Gasteiger partial charge on any atom is 0.295 e. The van der Waals surface area contributed by atoms with Crippen molar-refractivity contribution in [3.8, 4) is 28.3 Å². The highest BCUT2D eigenvalue weighted by molar-refractivity contribution is 5.94. The molecule has 3 aromatic carbocycles. The number of amides is 1. The first kappa shape index (κ1) is 23.9. The molecule has 36 heavy (non-hydrogen) atoms. The summed E-state index contributed by atoms with van der Waals surface area (Å²) >= 11 is 0. The van der Waals surface area contributed by atoms with Gasteiger partial charge in [-0.05, 0) is 28.8 Å². The van der Waals surface area contributed by atoms with Crippen molar-refractivity contribution in [3.63, 3.8) is 0 Å². The van der Waals surface area contributed by atoms with E-state index in [9.17, 15) is 19.4 Å². The third-order valence-corrected chi connectivity index (χ3v) is 6.21. The Bertz CT molecular complexity index is 1410. The van der Waals surface area contributed by atoms with Gasteiger partial charge in [0, 0.05) is 18.7 Å². The zero-order valence-corrected chi connectivity index (χ0v) is 19.2. The Morgan fingerprint density at radius 3 is 2.39 bits per heavy atom. The van der Waals surface area contributed by atoms with E-state index in [1.807, 2.05) is 0 Å². The number of aromatic nitrogens is 2. The average molecular weight is 495 g/mol. The van der Waals surface area contributed by atoms with E-state index in [0.717, 1.165) is 17.2 Å².